The van der Waals surface area contributed by atoms with Crippen LogP contribution in [0.5, 0.6) is 0 Å². The van der Waals surface area contributed by atoms with Gasteiger partial charge in [-0.1, -0.05) is 0 Å². The van der Waals surface area contributed by atoms with Gasteiger partial charge in [0.15, 0.2) is 9.84 Å². The summed E-state index contributed by atoms with van der Waals surface area (Å²) in [6.07, 6.45) is -1.67. The average molecular weight is 268 g/mol. The van der Waals surface area contributed by atoms with Crippen LogP contribution in [0.2, 0.25) is 0 Å². The predicted octanol–water partition coefficient (Wildman–Crippen LogP) is 0.0397. The molecule has 1 fully saturated rings. The van der Waals surface area contributed by atoms with Gasteiger partial charge in [0.1, 0.15) is 0 Å². The molecule has 0 spiro atoms. The first-order valence-electron chi connectivity index (χ1n) is 3.73. The highest BCUT2D eigenvalue weighted by Crippen LogP contribution is 2.28. The molecular weight excluding hydrogens is 261 g/mol. The zero-order chi connectivity index (χ0) is 11.9. The fraction of sp³-hybridized carbons (Fsp3) is 1.00. The third kappa shape index (κ3) is 3.05. The van der Waals surface area contributed by atoms with E-state index in [0.717, 1.165) is 0 Å². The molecule has 1 rings (SSSR count). The van der Waals surface area contributed by atoms with Crippen molar-refractivity contribution in [2.24, 2.45) is 0 Å². The third-order valence-corrected chi connectivity index (χ3v) is 4.57. The number of alkyl halides is 3. The Bertz CT molecular complexity index is 434. The second-order valence-corrected chi connectivity index (χ2v) is 6.81. The van der Waals surface area contributed by atoms with Gasteiger partial charge in [0.2, 0.25) is 0 Å². The summed E-state index contributed by atoms with van der Waals surface area (Å²) in [4.78, 5) is 0. The second-order valence-electron chi connectivity index (χ2n) is 3.02. The number of hydrogen-bond acceptors (Lipinski definition) is 5. The maximum absolute atomic E-state index is 11.8. The lowest BCUT2D eigenvalue weighted by atomic mass is 10.3. The topological polar surface area (TPSA) is 77.5 Å². The molecule has 1 unspecified atom stereocenters. The summed E-state index contributed by atoms with van der Waals surface area (Å²) in [5.74, 6) is -1.05. The Balaban J connectivity index is 2.74. The molecule has 1 aliphatic heterocycles. The molecule has 1 heterocycles. The molecule has 0 aromatic carbocycles. The summed E-state index contributed by atoms with van der Waals surface area (Å²) < 4.78 is 81.8. The predicted molar refractivity (Wildman–Crippen MR) is 43.1 cm³/mol. The Morgan fingerprint density at radius 3 is 2.13 bits per heavy atom. The maximum Gasteiger partial charge on any atom is 0.523 e. The van der Waals surface area contributed by atoms with Gasteiger partial charge in [-0.05, 0) is 6.42 Å². The van der Waals surface area contributed by atoms with Crippen molar-refractivity contribution in [1.82, 2.24) is 0 Å². The Morgan fingerprint density at radius 2 is 1.80 bits per heavy atom. The van der Waals surface area contributed by atoms with Crippen molar-refractivity contribution in [3.8, 4) is 0 Å². The van der Waals surface area contributed by atoms with Crippen LogP contribution in [0.4, 0.5) is 13.2 Å². The molecule has 0 aliphatic carbocycles. The fourth-order valence-electron chi connectivity index (χ4n) is 1.07. The lowest BCUT2D eigenvalue weighted by Crippen LogP contribution is -2.30. The Labute approximate surface area is 84.3 Å². The van der Waals surface area contributed by atoms with E-state index in [1.807, 2.05) is 0 Å². The first kappa shape index (κ1) is 12.7. The van der Waals surface area contributed by atoms with Crippen molar-refractivity contribution in [1.29, 1.82) is 0 Å². The van der Waals surface area contributed by atoms with Crippen LogP contribution in [0.1, 0.15) is 6.42 Å². The number of halogens is 3. The van der Waals surface area contributed by atoms with Crippen molar-refractivity contribution in [2.75, 3.05) is 11.5 Å². The number of hydrogen-bond donors (Lipinski definition) is 0. The molecule has 1 aliphatic rings. The van der Waals surface area contributed by atoms with Crippen molar-refractivity contribution in [3.63, 3.8) is 0 Å². The van der Waals surface area contributed by atoms with Gasteiger partial charge >= 0.3 is 15.6 Å². The minimum atomic E-state index is -5.70. The Kier molecular flexibility index (Phi) is 3.05. The standard InChI is InChI=1S/C5H7F3O5S2/c6-5(7,8)15(11,12)13-4-1-2-14(9,10)3-4/h4H,1-3H2. The monoisotopic (exact) mass is 268 g/mol. The van der Waals surface area contributed by atoms with E-state index < -0.39 is 37.3 Å². The molecule has 0 bridgehead atoms. The highest BCUT2D eigenvalue weighted by Gasteiger charge is 2.49. The van der Waals surface area contributed by atoms with Crippen LogP contribution in [0.25, 0.3) is 0 Å². The van der Waals surface area contributed by atoms with Gasteiger partial charge in [-0.25, -0.2) is 8.42 Å². The van der Waals surface area contributed by atoms with E-state index in [0.29, 0.717) is 0 Å². The van der Waals surface area contributed by atoms with Crippen LogP contribution < -0.4 is 0 Å². The Hall–Kier alpha value is -0.350. The second kappa shape index (κ2) is 3.59. The Morgan fingerprint density at radius 1 is 1.27 bits per heavy atom. The van der Waals surface area contributed by atoms with Crippen LogP contribution in [-0.2, 0) is 24.1 Å². The SMILES string of the molecule is O=S1(=O)CCC(OS(=O)(=O)C(F)(F)F)C1. The van der Waals surface area contributed by atoms with Crippen molar-refractivity contribution in [2.45, 2.75) is 18.0 Å². The molecule has 0 radical (unpaired) electrons. The van der Waals surface area contributed by atoms with E-state index in [2.05, 4.69) is 4.18 Å². The van der Waals surface area contributed by atoms with Crippen LogP contribution in [0.15, 0.2) is 0 Å². The van der Waals surface area contributed by atoms with Crippen LogP contribution in [0, 0.1) is 0 Å². The molecule has 0 aromatic heterocycles. The molecule has 1 atom stereocenters. The fourth-order valence-corrected chi connectivity index (χ4v) is 3.38. The van der Waals surface area contributed by atoms with Gasteiger partial charge in [0, 0.05) is 0 Å². The summed E-state index contributed by atoms with van der Waals surface area (Å²) in [6.45, 7) is 0. The van der Waals surface area contributed by atoms with E-state index >= 15 is 0 Å². The van der Waals surface area contributed by atoms with E-state index in [9.17, 15) is 30.0 Å². The lowest BCUT2D eigenvalue weighted by Gasteiger charge is -2.11. The average Bonchev–Trinajstić information content (AvgIpc) is 2.26. The largest absolute Gasteiger partial charge is 0.523 e. The van der Waals surface area contributed by atoms with Crippen LogP contribution in [-0.4, -0.2) is 40.0 Å². The first-order chi connectivity index (χ1) is 6.54. The molecule has 0 aromatic rings. The smallest absolute Gasteiger partial charge is 0.259 e. The quantitative estimate of drug-likeness (QED) is 0.522. The molecule has 0 N–H and O–H groups in total. The zero-order valence-electron chi connectivity index (χ0n) is 7.19. The summed E-state index contributed by atoms with van der Waals surface area (Å²) in [5, 5.41) is 0. The van der Waals surface area contributed by atoms with E-state index in [4.69, 9.17) is 0 Å². The lowest BCUT2D eigenvalue weighted by molar-refractivity contribution is -0.0565. The van der Waals surface area contributed by atoms with Gasteiger partial charge in [0.05, 0.1) is 17.6 Å². The molecule has 5 nitrogen and oxygen atoms in total. The zero-order valence-corrected chi connectivity index (χ0v) is 8.82. The van der Waals surface area contributed by atoms with E-state index in [1.165, 1.54) is 0 Å². The summed E-state index contributed by atoms with van der Waals surface area (Å²) in [7, 11) is -9.17. The van der Waals surface area contributed by atoms with Crippen molar-refractivity contribution >= 4 is 20.0 Å². The highest BCUT2D eigenvalue weighted by atomic mass is 32.2. The number of sulfone groups is 1. The summed E-state index contributed by atoms with van der Waals surface area (Å²) in [6, 6.07) is 0. The van der Waals surface area contributed by atoms with Crippen molar-refractivity contribution < 1.29 is 34.2 Å². The minimum Gasteiger partial charge on any atom is -0.259 e. The summed E-state index contributed by atoms with van der Waals surface area (Å²) in [5.41, 5.74) is -5.51. The number of rotatable bonds is 2. The van der Waals surface area contributed by atoms with Gasteiger partial charge in [-0.2, -0.15) is 21.6 Å². The minimum absolute atomic E-state index is 0.238. The van der Waals surface area contributed by atoms with E-state index in [-0.39, 0.29) is 12.2 Å². The molecule has 10 heteroatoms. The highest BCUT2D eigenvalue weighted by molar-refractivity contribution is 7.91. The van der Waals surface area contributed by atoms with E-state index in [1.54, 1.807) is 0 Å². The van der Waals surface area contributed by atoms with Gasteiger partial charge < -0.3 is 0 Å². The van der Waals surface area contributed by atoms with Gasteiger partial charge in [-0.15, -0.1) is 0 Å². The molecule has 0 saturated carbocycles. The molecule has 1 saturated heterocycles. The molecular formula is C5H7F3O5S2. The first-order valence-corrected chi connectivity index (χ1v) is 6.96. The van der Waals surface area contributed by atoms with Crippen LogP contribution >= 0.6 is 0 Å². The summed E-state index contributed by atoms with van der Waals surface area (Å²) >= 11 is 0. The normalized spacial score (nSPS) is 26.7. The van der Waals surface area contributed by atoms with Crippen molar-refractivity contribution in [3.05, 3.63) is 0 Å². The molecule has 15 heavy (non-hydrogen) atoms. The van der Waals surface area contributed by atoms with Gasteiger partial charge in [-0.3, -0.25) is 4.18 Å². The molecule has 90 valence electrons. The molecule has 0 amide bonds. The van der Waals surface area contributed by atoms with Crippen LogP contribution in [0.3, 0.4) is 0 Å². The maximum atomic E-state index is 11.8. The third-order valence-electron chi connectivity index (χ3n) is 1.74. The van der Waals surface area contributed by atoms with Gasteiger partial charge in [0.25, 0.3) is 0 Å².